The second kappa shape index (κ2) is 8.59. The van der Waals surface area contributed by atoms with Crippen LogP contribution in [0.5, 0.6) is 11.5 Å². The molecular weight excluding hydrogens is 366 g/mol. The normalized spacial score (nSPS) is 10.5. The van der Waals surface area contributed by atoms with Gasteiger partial charge in [-0.15, -0.1) is 10.2 Å². The van der Waals surface area contributed by atoms with Crippen molar-refractivity contribution in [3.05, 3.63) is 48.0 Å². The number of rotatable bonds is 7. The molecule has 0 saturated heterocycles. The van der Waals surface area contributed by atoms with Crippen LogP contribution in [0.4, 0.5) is 5.69 Å². The zero-order chi connectivity index (χ0) is 19.2. The fourth-order valence-electron chi connectivity index (χ4n) is 2.40. The summed E-state index contributed by atoms with van der Waals surface area (Å²) in [5.41, 5.74) is 2.49. The molecule has 27 heavy (non-hydrogen) atoms. The molecule has 0 aliphatic heterocycles. The molecule has 0 fully saturated rings. The van der Waals surface area contributed by atoms with E-state index in [-0.39, 0.29) is 11.7 Å². The van der Waals surface area contributed by atoms with Gasteiger partial charge in [-0.25, -0.2) is 0 Å². The first-order valence-electron chi connectivity index (χ1n) is 8.14. The number of methoxy groups -OCH3 is 2. The number of carbonyl (C=O) groups is 1. The van der Waals surface area contributed by atoms with Crippen LogP contribution in [0.1, 0.15) is 5.56 Å². The maximum atomic E-state index is 12.1. The molecule has 0 saturated carbocycles. The number of hydrogen-bond acceptors (Lipinski definition) is 7. The first kappa shape index (κ1) is 18.8. The van der Waals surface area contributed by atoms with Crippen LogP contribution >= 0.6 is 11.8 Å². The lowest BCUT2D eigenvalue weighted by Crippen LogP contribution is -2.13. The number of aryl methyl sites for hydroxylation is 1. The van der Waals surface area contributed by atoms with Gasteiger partial charge in [-0.05, 0) is 36.8 Å². The molecule has 1 amide bonds. The largest absolute Gasteiger partial charge is 0.497 e. The minimum atomic E-state index is -0.146. The van der Waals surface area contributed by atoms with Gasteiger partial charge in [0.25, 0.3) is 11.1 Å². The Labute approximate surface area is 161 Å². The van der Waals surface area contributed by atoms with E-state index in [9.17, 15) is 4.79 Å². The van der Waals surface area contributed by atoms with E-state index in [0.29, 0.717) is 28.2 Å². The number of nitrogens with one attached hydrogen (secondary N) is 1. The monoisotopic (exact) mass is 385 g/mol. The summed E-state index contributed by atoms with van der Waals surface area (Å²) >= 11 is 1.17. The van der Waals surface area contributed by atoms with Gasteiger partial charge in [0.15, 0.2) is 0 Å². The molecule has 0 atom stereocenters. The molecule has 1 aromatic heterocycles. The zero-order valence-corrected chi connectivity index (χ0v) is 16.0. The lowest BCUT2D eigenvalue weighted by molar-refractivity contribution is -0.113. The highest BCUT2D eigenvalue weighted by Gasteiger charge is 2.15. The van der Waals surface area contributed by atoms with Gasteiger partial charge < -0.3 is 19.2 Å². The van der Waals surface area contributed by atoms with E-state index in [1.165, 1.54) is 11.8 Å². The van der Waals surface area contributed by atoms with Crippen molar-refractivity contribution in [1.82, 2.24) is 10.2 Å². The average Bonchev–Trinajstić information content (AvgIpc) is 3.14. The third-order valence-electron chi connectivity index (χ3n) is 3.67. The van der Waals surface area contributed by atoms with Gasteiger partial charge in [-0.1, -0.05) is 23.9 Å². The smallest absolute Gasteiger partial charge is 0.277 e. The summed E-state index contributed by atoms with van der Waals surface area (Å²) < 4.78 is 16.2. The first-order valence-corrected chi connectivity index (χ1v) is 9.13. The summed E-state index contributed by atoms with van der Waals surface area (Å²) in [5, 5.41) is 11.2. The molecule has 1 N–H and O–H groups in total. The maximum Gasteiger partial charge on any atom is 0.277 e. The standard InChI is InChI=1S/C19H19N3O4S/c1-12-5-4-6-13(9-12)20-17(23)11-27-19-22-21-18(26-19)15-8-7-14(24-2)10-16(15)25-3/h4-10H,11H2,1-3H3,(H,20,23). The number of thioether (sulfide) groups is 1. The van der Waals surface area contributed by atoms with E-state index >= 15 is 0 Å². The minimum Gasteiger partial charge on any atom is -0.497 e. The third kappa shape index (κ3) is 4.79. The second-order valence-corrected chi connectivity index (χ2v) is 6.57. The average molecular weight is 385 g/mol. The van der Waals surface area contributed by atoms with Crippen LogP contribution in [-0.2, 0) is 4.79 Å². The van der Waals surface area contributed by atoms with Crippen molar-refractivity contribution >= 4 is 23.4 Å². The van der Waals surface area contributed by atoms with Crippen LogP contribution < -0.4 is 14.8 Å². The summed E-state index contributed by atoms with van der Waals surface area (Å²) in [6.45, 7) is 1.97. The number of nitrogens with zero attached hydrogens (tertiary/aromatic N) is 2. The molecular formula is C19H19N3O4S. The molecule has 0 aliphatic carbocycles. The number of hydrogen-bond donors (Lipinski definition) is 1. The molecule has 3 aromatic rings. The molecule has 140 valence electrons. The lowest BCUT2D eigenvalue weighted by atomic mass is 10.2. The van der Waals surface area contributed by atoms with Gasteiger partial charge in [-0.3, -0.25) is 4.79 Å². The minimum absolute atomic E-state index is 0.146. The summed E-state index contributed by atoms with van der Waals surface area (Å²) in [5.74, 6) is 1.56. The Morgan fingerprint density at radius 1 is 1.15 bits per heavy atom. The number of carbonyl (C=O) groups excluding carboxylic acids is 1. The van der Waals surface area contributed by atoms with Gasteiger partial charge in [0.2, 0.25) is 5.91 Å². The molecule has 2 aromatic carbocycles. The van der Waals surface area contributed by atoms with Gasteiger partial charge in [0.05, 0.1) is 25.5 Å². The summed E-state index contributed by atoms with van der Waals surface area (Å²) in [7, 11) is 3.14. The number of anilines is 1. The number of ether oxygens (including phenoxy) is 2. The van der Waals surface area contributed by atoms with Crippen LogP contribution in [-0.4, -0.2) is 36.1 Å². The van der Waals surface area contributed by atoms with Crippen LogP contribution in [0.3, 0.4) is 0 Å². The topological polar surface area (TPSA) is 86.5 Å². The number of amides is 1. The number of benzene rings is 2. The highest BCUT2D eigenvalue weighted by Crippen LogP contribution is 2.33. The Morgan fingerprint density at radius 2 is 2.00 bits per heavy atom. The van der Waals surface area contributed by atoms with Crippen molar-refractivity contribution in [3.63, 3.8) is 0 Å². The van der Waals surface area contributed by atoms with Crippen molar-refractivity contribution in [3.8, 4) is 23.0 Å². The van der Waals surface area contributed by atoms with Crippen LogP contribution in [0.25, 0.3) is 11.5 Å². The van der Waals surface area contributed by atoms with Crippen LogP contribution in [0, 0.1) is 6.92 Å². The Balaban J connectivity index is 1.63. The molecule has 0 spiro atoms. The fraction of sp³-hybridized carbons (Fsp3) is 0.211. The van der Waals surface area contributed by atoms with Gasteiger partial charge in [0, 0.05) is 11.8 Å². The molecule has 0 bridgehead atoms. The van der Waals surface area contributed by atoms with E-state index in [1.54, 1.807) is 32.4 Å². The molecule has 1 heterocycles. The van der Waals surface area contributed by atoms with E-state index in [0.717, 1.165) is 11.3 Å². The molecule has 0 aliphatic rings. The summed E-state index contributed by atoms with van der Waals surface area (Å²) in [6, 6.07) is 12.9. The van der Waals surface area contributed by atoms with Crippen molar-refractivity contribution in [2.45, 2.75) is 12.1 Å². The Morgan fingerprint density at radius 3 is 2.74 bits per heavy atom. The van der Waals surface area contributed by atoms with Gasteiger partial charge >= 0.3 is 0 Å². The molecule has 7 nitrogen and oxygen atoms in total. The highest BCUT2D eigenvalue weighted by atomic mass is 32.2. The van der Waals surface area contributed by atoms with Crippen molar-refractivity contribution < 1.29 is 18.7 Å². The van der Waals surface area contributed by atoms with E-state index in [2.05, 4.69) is 15.5 Å². The Bertz CT molecular complexity index is 942. The molecule has 8 heteroatoms. The second-order valence-electron chi connectivity index (χ2n) is 5.65. The Hall–Kier alpha value is -3.00. The quantitative estimate of drug-likeness (QED) is 0.619. The summed E-state index contributed by atoms with van der Waals surface area (Å²) in [6.07, 6.45) is 0. The van der Waals surface area contributed by atoms with Crippen molar-refractivity contribution in [2.24, 2.45) is 0 Å². The van der Waals surface area contributed by atoms with Crippen LogP contribution in [0.15, 0.2) is 52.1 Å². The molecule has 0 unspecified atom stereocenters. The van der Waals surface area contributed by atoms with E-state index in [1.807, 2.05) is 31.2 Å². The van der Waals surface area contributed by atoms with E-state index in [4.69, 9.17) is 13.9 Å². The lowest BCUT2D eigenvalue weighted by Gasteiger charge is -2.07. The van der Waals surface area contributed by atoms with Crippen LogP contribution in [0.2, 0.25) is 0 Å². The zero-order valence-electron chi connectivity index (χ0n) is 15.2. The van der Waals surface area contributed by atoms with E-state index < -0.39 is 0 Å². The van der Waals surface area contributed by atoms with Gasteiger partial charge in [-0.2, -0.15) is 0 Å². The maximum absolute atomic E-state index is 12.1. The Kier molecular flexibility index (Phi) is 5.97. The number of aromatic nitrogens is 2. The third-order valence-corrected chi connectivity index (χ3v) is 4.49. The fourth-order valence-corrected chi connectivity index (χ4v) is 2.96. The summed E-state index contributed by atoms with van der Waals surface area (Å²) in [4.78, 5) is 12.1. The molecule has 3 rings (SSSR count). The first-order chi connectivity index (χ1) is 13.1. The predicted molar refractivity (Wildman–Crippen MR) is 103 cm³/mol. The van der Waals surface area contributed by atoms with Gasteiger partial charge in [0.1, 0.15) is 11.5 Å². The molecule has 0 radical (unpaired) electrons. The highest BCUT2D eigenvalue weighted by molar-refractivity contribution is 7.99. The predicted octanol–water partition coefficient (Wildman–Crippen LogP) is 3.79. The van der Waals surface area contributed by atoms with Crippen molar-refractivity contribution in [1.29, 1.82) is 0 Å². The SMILES string of the molecule is COc1ccc(-c2nnc(SCC(=O)Nc3cccc(C)c3)o2)c(OC)c1. The van der Waals surface area contributed by atoms with Crippen molar-refractivity contribution in [2.75, 3.05) is 25.3 Å².